The highest BCUT2D eigenvalue weighted by Gasteiger charge is 2.28. The molecule has 0 unspecified atom stereocenters. The van der Waals surface area contributed by atoms with Gasteiger partial charge in [0.1, 0.15) is 0 Å². The van der Waals surface area contributed by atoms with Gasteiger partial charge in [0.25, 0.3) is 0 Å². The third kappa shape index (κ3) is 24.3. The van der Waals surface area contributed by atoms with Crippen LogP contribution in [0.15, 0.2) is 0 Å². The summed E-state index contributed by atoms with van der Waals surface area (Å²) in [4.78, 5) is 11.7. The van der Waals surface area contributed by atoms with E-state index in [1.807, 2.05) is 0 Å². The highest BCUT2D eigenvalue weighted by Crippen LogP contribution is 2.29. The molecule has 1 aromatic carbocycles. The molecule has 0 atom stereocenters. The van der Waals surface area contributed by atoms with Crippen molar-refractivity contribution in [2.24, 2.45) is 0 Å². The number of carbonyl (C=O) groups excluding carboxylic acids is 1. The second-order valence-corrected chi connectivity index (χ2v) is 11.7. The molecule has 0 aliphatic carbocycles. The molecule has 0 aliphatic rings. The molecular formula is C36H59F5O9. The molecular weight excluding hydrogens is 671 g/mol. The zero-order valence-electron chi connectivity index (χ0n) is 29.9. The first-order valence-electron chi connectivity index (χ1n) is 18.2. The van der Waals surface area contributed by atoms with Crippen molar-refractivity contribution >= 4 is 5.97 Å². The first kappa shape index (κ1) is 46.1. The number of rotatable bonds is 36. The number of benzene rings is 1. The summed E-state index contributed by atoms with van der Waals surface area (Å²) in [5.74, 6) is -14.1. The van der Waals surface area contributed by atoms with Crippen molar-refractivity contribution < 1.29 is 64.6 Å². The Labute approximate surface area is 294 Å². The molecule has 50 heavy (non-hydrogen) atoms. The molecule has 0 spiro atoms. The van der Waals surface area contributed by atoms with E-state index in [4.69, 9.17) is 33.2 Å². The molecule has 0 bridgehead atoms. The van der Waals surface area contributed by atoms with Crippen molar-refractivity contribution in [2.75, 3.05) is 92.5 Å². The van der Waals surface area contributed by atoms with Gasteiger partial charge in [-0.25, -0.2) is 13.2 Å². The van der Waals surface area contributed by atoms with Gasteiger partial charge in [-0.1, -0.05) is 84.0 Å². The van der Waals surface area contributed by atoms with Crippen molar-refractivity contribution in [2.45, 2.75) is 96.8 Å². The maximum Gasteiger partial charge on any atom is 0.313 e. The van der Waals surface area contributed by atoms with Crippen LogP contribution in [0.4, 0.5) is 22.0 Å². The fraction of sp³-hybridized carbons (Fsp3) is 0.806. The summed E-state index contributed by atoms with van der Waals surface area (Å²) in [6.45, 7) is 7.57. The molecule has 0 aromatic heterocycles. The van der Waals surface area contributed by atoms with Crippen LogP contribution in [0.5, 0.6) is 5.75 Å². The van der Waals surface area contributed by atoms with Gasteiger partial charge < -0.3 is 37.9 Å². The Bertz CT molecular complexity index is 945. The third-order valence-corrected chi connectivity index (χ3v) is 7.46. The van der Waals surface area contributed by atoms with Crippen molar-refractivity contribution in [1.82, 2.24) is 0 Å². The van der Waals surface area contributed by atoms with Crippen LogP contribution >= 0.6 is 0 Å². The fourth-order valence-corrected chi connectivity index (χ4v) is 4.64. The average molecular weight is 731 g/mol. The summed E-state index contributed by atoms with van der Waals surface area (Å²) in [5, 5.41) is 0. The van der Waals surface area contributed by atoms with Gasteiger partial charge in [-0.2, -0.15) is 8.78 Å². The van der Waals surface area contributed by atoms with Crippen LogP contribution in [-0.4, -0.2) is 98.5 Å². The Morgan fingerprint density at radius 3 is 1.02 bits per heavy atom. The Morgan fingerprint density at radius 2 is 0.660 bits per heavy atom. The summed E-state index contributed by atoms with van der Waals surface area (Å²) in [7, 11) is 0. The monoisotopic (exact) mass is 730 g/mol. The molecule has 0 saturated heterocycles. The first-order valence-corrected chi connectivity index (χ1v) is 18.2. The molecule has 0 N–H and O–H groups in total. The van der Waals surface area contributed by atoms with E-state index in [2.05, 4.69) is 11.7 Å². The van der Waals surface area contributed by atoms with Gasteiger partial charge in [-0.3, -0.25) is 4.79 Å². The molecule has 0 saturated carbocycles. The molecule has 292 valence electrons. The van der Waals surface area contributed by atoms with Crippen LogP contribution in [0, 0.1) is 29.1 Å². The van der Waals surface area contributed by atoms with Gasteiger partial charge in [0.2, 0.25) is 34.8 Å². The van der Waals surface area contributed by atoms with Crippen LogP contribution in [0.3, 0.4) is 0 Å². The lowest BCUT2D eigenvalue weighted by molar-refractivity contribution is -0.136. The number of ether oxygens (including phenoxy) is 8. The average Bonchev–Trinajstić information content (AvgIpc) is 3.11. The predicted octanol–water partition coefficient (Wildman–Crippen LogP) is 7.89. The van der Waals surface area contributed by atoms with Gasteiger partial charge in [-0.05, 0) is 6.42 Å². The Balaban J connectivity index is 1.74. The van der Waals surface area contributed by atoms with E-state index in [-0.39, 0.29) is 19.8 Å². The third-order valence-electron chi connectivity index (χ3n) is 7.46. The topological polar surface area (TPSA) is 90.9 Å². The maximum atomic E-state index is 13.5. The molecule has 9 nitrogen and oxygen atoms in total. The normalized spacial score (nSPS) is 11.5. The van der Waals surface area contributed by atoms with Crippen molar-refractivity contribution in [3.8, 4) is 5.75 Å². The Hall–Kier alpha value is -1.94. The maximum absolute atomic E-state index is 13.5. The standard InChI is InChI=1S/C36H59F5O9/c1-2-3-4-5-6-7-8-9-10-11-12-13-14-16-43-18-20-45-22-24-47-26-28-49-29-27-48-25-23-46-21-19-44-17-15-30(42)50-36-34(40)32(38)31(37)33(39)35(36)41/h2-29H2,1H3. The Morgan fingerprint density at radius 1 is 0.380 bits per heavy atom. The fourth-order valence-electron chi connectivity index (χ4n) is 4.64. The predicted molar refractivity (Wildman–Crippen MR) is 178 cm³/mol. The summed E-state index contributed by atoms with van der Waals surface area (Å²) in [6, 6.07) is 0. The van der Waals surface area contributed by atoms with E-state index in [0.29, 0.717) is 66.1 Å². The number of halogens is 5. The second-order valence-electron chi connectivity index (χ2n) is 11.7. The van der Waals surface area contributed by atoms with Crippen LogP contribution in [0.1, 0.15) is 96.8 Å². The van der Waals surface area contributed by atoms with E-state index >= 15 is 0 Å². The smallest absolute Gasteiger partial charge is 0.313 e. The number of esters is 1. The molecule has 1 rings (SSSR count). The summed E-state index contributed by atoms with van der Waals surface area (Å²) < 4.78 is 109. The molecule has 1 aromatic rings. The van der Waals surface area contributed by atoms with E-state index in [9.17, 15) is 26.7 Å². The lowest BCUT2D eigenvalue weighted by Gasteiger charge is -2.09. The molecule has 0 amide bonds. The largest absolute Gasteiger partial charge is 0.420 e. The van der Waals surface area contributed by atoms with Crippen LogP contribution in [0.25, 0.3) is 0 Å². The second kappa shape index (κ2) is 32.9. The lowest BCUT2D eigenvalue weighted by Crippen LogP contribution is -2.16. The molecule has 0 radical (unpaired) electrons. The van der Waals surface area contributed by atoms with E-state index < -0.39 is 47.2 Å². The lowest BCUT2D eigenvalue weighted by atomic mass is 10.0. The SMILES string of the molecule is CCCCCCCCCCCCCCCOCCOCCOCCOCCOCCOCCOCCC(=O)Oc1c(F)c(F)c(F)c(F)c1F. The quantitative estimate of drug-likeness (QED) is 0.0171. The van der Waals surface area contributed by atoms with Crippen molar-refractivity contribution in [3.63, 3.8) is 0 Å². The van der Waals surface area contributed by atoms with Crippen LogP contribution in [0.2, 0.25) is 0 Å². The summed E-state index contributed by atoms with van der Waals surface area (Å²) in [6.07, 6.45) is 17.0. The molecule has 0 fully saturated rings. The summed E-state index contributed by atoms with van der Waals surface area (Å²) >= 11 is 0. The van der Waals surface area contributed by atoms with Crippen LogP contribution in [-0.2, 0) is 38.0 Å². The van der Waals surface area contributed by atoms with Gasteiger partial charge >= 0.3 is 5.97 Å². The molecule has 14 heteroatoms. The molecule has 0 heterocycles. The summed E-state index contributed by atoms with van der Waals surface area (Å²) in [5.41, 5.74) is 0. The number of hydrogen-bond donors (Lipinski definition) is 0. The Kier molecular flexibility index (Phi) is 30.4. The zero-order chi connectivity index (χ0) is 36.5. The van der Waals surface area contributed by atoms with E-state index in [0.717, 1.165) is 13.0 Å². The van der Waals surface area contributed by atoms with Gasteiger partial charge in [-0.15, -0.1) is 0 Å². The number of unbranched alkanes of at least 4 members (excludes halogenated alkanes) is 12. The van der Waals surface area contributed by atoms with Crippen molar-refractivity contribution in [3.05, 3.63) is 29.1 Å². The number of hydrogen-bond acceptors (Lipinski definition) is 9. The minimum absolute atomic E-state index is 0.0945. The van der Waals surface area contributed by atoms with Crippen LogP contribution < -0.4 is 4.74 Å². The zero-order valence-corrected chi connectivity index (χ0v) is 29.9. The first-order chi connectivity index (χ1) is 24.4. The van der Waals surface area contributed by atoms with E-state index in [1.165, 1.54) is 77.0 Å². The highest BCUT2D eigenvalue weighted by atomic mass is 19.2. The van der Waals surface area contributed by atoms with E-state index in [1.54, 1.807) is 0 Å². The minimum atomic E-state index is -2.34. The van der Waals surface area contributed by atoms with Gasteiger partial charge in [0.05, 0.1) is 92.3 Å². The van der Waals surface area contributed by atoms with Gasteiger partial charge in [0.15, 0.2) is 0 Å². The van der Waals surface area contributed by atoms with Gasteiger partial charge in [0, 0.05) is 6.61 Å². The number of carbonyl (C=O) groups is 1. The molecule has 0 aliphatic heterocycles. The minimum Gasteiger partial charge on any atom is -0.420 e. The van der Waals surface area contributed by atoms with Crippen molar-refractivity contribution in [1.29, 1.82) is 0 Å². The highest BCUT2D eigenvalue weighted by molar-refractivity contribution is 5.72.